The van der Waals surface area contributed by atoms with Crippen LogP contribution in [0.4, 0.5) is 4.79 Å². The molecule has 0 bridgehead atoms. The van der Waals surface area contributed by atoms with Crippen LogP contribution in [0.3, 0.4) is 0 Å². The lowest BCUT2D eigenvalue weighted by Crippen LogP contribution is -2.51. The number of methoxy groups -OCH3 is 1. The number of carbonyl (C=O) groups excluding carboxylic acids is 1. The highest BCUT2D eigenvalue weighted by Crippen LogP contribution is 2.28. The first-order valence-electron chi connectivity index (χ1n) is 6.76. The van der Waals surface area contributed by atoms with Crippen LogP contribution >= 0.6 is 89.0 Å². The maximum absolute atomic E-state index is 12.7. The van der Waals surface area contributed by atoms with E-state index in [0.29, 0.717) is 22.2 Å². The largest absolute Gasteiger partial charge is 0.497 e. The smallest absolute Gasteiger partial charge is 0.417 e. The van der Waals surface area contributed by atoms with Gasteiger partial charge in [-0.05, 0) is 24.3 Å². The van der Waals surface area contributed by atoms with Gasteiger partial charge in [-0.3, -0.25) is 4.90 Å². The predicted molar refractivity (Wildman–Crippen MR) is 119 cm³/mol. The van der Waals surface area contributed by atoms with Crippen molar-refractivity contribution >= 4 is 95.1 Å². The summed E-state index contributed by atoms with van der Waals surface area (Å²) >= 11 is 22.9. The number of rotatable bonds is 8. The van der Waals surface area contributed by atoms with E-state index in [1.807, 2.05) is 0 Å². The van der Waals surface area contributed by atoms with E-state index in [4.69, 9.17) is 9.47 Å². The first kappa shape index (κ1) is 23.0. The van der Waals surface area contributed by atoms with E-state index in [1.165, 1.54) is 4.90 Å². The molecule has 0 aromatic heterocycles. The SMILES string of the molecule is COc1ccc(OC(=O)N(C(S)C(Br)CBr)C(S)C(Br)CBr)cc1. The van der Waals surface area contributed by atoms with Crippen molar-refractivity contribution in [3.8, 4) is 11.5 Å². The van der Waals surface area contributed by atoms with Gasteiger partial charge in [-0.2, -0.15) is 25.3 Å². The molecule has 24 heavy (non-hydrogen) atoms. The van der Waals surface area contributed by atoms with Crippen molar-refractivity contribution in [2.24, 2.45) is 0 Å². The number of carbonyl (C=O) groups is 1. The van der Waals surface area contributed by atoms with Crippen LogP contribution in [0.25, 0.3) is 0 Å². The standard InChI is InChI=1S/C14H17Br4NO3S2/c1-21-8-2-4-9(5-3-8)22-14(20)19(12(23)10(17)6-15)13(24)11(18)7-16/h2-5,10-13,23-24H,6-7H2,1H3. The highest BCUT2D eigenvalue weighted by atomic mass is 79.9. The fourth-order valence-corrected chi connectivity index (χ4v) is 4.26. The van der Waals surface area contributed by atoms with Gasteiger partial charge in [0.2, 0.25) is 0 Å². The summed E-state index contributed by atoms with van der Waals surface area (Å²) in [6, 6.07) is 6.78. The van der Waals surface area contributed by atoms with Crippen LogP contribution in [-0.4, -0.2) is 49.2 Å². The van der Waals surface area contributed by atoms with Crippen molar-refractivity contribution in [3.63, 3.8) is 0 Å². The van der Waals surface area contributed by atoms with Gasteiger partial charge >= 0.3 is 6.09 Å². The molecule has 1 aromatic carbocycles. The van der Waals surface area contributed by atoms with Crippen LogP contribution in [0, 0.1) is 0 Å². The van der Waals surface area contributed by atoms with Gasteiger partial charge in [-0.15, -0.1) is 0 Å². The Morgan fingerprint density at radius 2 is 1.46 bits per heavy atom. The van der Waals surface area contributed by atoms with E-state index >= 15 is 0 Å². The summed E-state index contributed by atoms with van der Waals surface area (Å²) in [7, 11) is 1.58. The second-order valence-electron chi connectivity index (χ2n) is 4.62. The average Bonchev–Trinajstić information content (AvgIpc) is 2.60. The minimum absolute atomic E-state index is 0.0751. The fraction of sp³-hybridized carbons (Fsp3) is 0.500. The van der Waals surface area contributed by atoms with Crippen molar-refractivity contribution in [1.82, 2.24) is 4.90 Å². The number of nitrogens with zero attached hydrogens (tertiary/aromatic N) is 1. The second-order valence-corrected chi connectivity index (χ2v) is 9.32. The van der Waals surface area contributed by atoms with Crippen LogP contribution in [0.1, 0.15) is 0 Å². The minimum Gasteiger partial charge on any atom is -0.497 e. The molecule has 0 aliphatic rings. The Balaban J connectivity index is 2.96. The van der Waals surface area contributed by atoms with Gasteiger partial charge in [0.05, 0.1) is 27.5 Å². The van der Waals surface area contributed by atoms with Gasteiger partial charge in [0.1, 0.15) is 11.5 Å². The van der Waals surface area contributed by atoms with Gasteiger partial charge in [0, 0.05) is 10.7 Å². The topological polar surface area (TPSA) is 38.8 Å². The maximum Gasteiger partial charge on any atom is 0.417 e. The molecule has 0 radical (unpaired) electrons. The summed E-state index contributed by atoms with van der Waals surface area (Å²) in [4.78, 5) is 14.0. The van der Waals surface area contributed by atoms with Crippen molar-refractivity contribution < 1.29 is 14.3 Å². The fourth-order valence-electron chi connectivity index (χ4n) is 1.68. The number of thiol groups is 2. The summed E-state index contributed by atoms with van der Waals surface area (Å²) < 4.78 is 10.6. The van der Waals surface area contributed by atoms with Crippen molar-refractivity contribution in [1.29, 1.82) is 0 Å². The summed E-state index contributed by atoms with van der Waals surface area (Å²) in [6.07, 6.45) is -0.532. The Morgan fingerprint density at radius 3 is 1.83 bits per heavy atom. The number of ether oxygens (including phenoxy) is 2. The second kappa shape index (κ2) is 11.6. The molecule has 1 aromatic rings. The highest BCUT2D eigenvalue weighted by molar-refractivity contribution is 9.12. The van der Waals surface area contributed by atoms with E-state index < -0.39 is 16.8 Å². The van der Waals surface area contributed by atoms with Crippen LogP contribution < -0.4 is 9.47 Å². The molecule has 1 amide bonds. The molecule has 0 spiro atoms. The number of benzene rings is 1. The van der Waals surface area contributed by atoms with Crippen LogP contribution in [0.15, 0.2) is 24.3 Å². The Bertz CT molecular complexity index is 507. The lowest BCUT2D eigenvalue weighted by Gasteiger charge is -2.36. The zero-order valence-electron chi connectivity index (χ0n) is 12.6. The monoisotopic (exact) mass is 627 g/mol. The van der Waals surface area contributed by atoms with Gasteiger partial charge in [-0.1, -0.05) is 63.7 Å². The molecule has 0 aliphatic heterocycles. The molecule has 0 N–H and O–H groups in total. The Kier molecular flexibility index (Phi) is 11.1. The molecule has 4 nitrogen and oxygen atoms in total. The lowest BCUT2D eigenvalue weighted by molar-refractivity contribution is 0.144. The number of halogens is 4. The third kappa shape index (κ3) is 6.57. The Morgan fingerprint density at radius 1 is 1.04 bits per heavy atom. The van der Waals surface area contributed by atoms with Crippen molar-refractivity contribution in [2.45, 2.75) is 20.4 Å². The minimum atomic E-state index is -0.532. The van der Waals surface area contributed by atoms with E-state index in [0.717, 1.165) is 0 Å². The lowest BCUT2D eigenvalue weighted by atomic mass is 10.3. The predicted octanol–water partition coefficient (Wildman–Crippen LogP) is 5.32. The maximum atomic E-state index is 12.7. The first-order chi connectivity index (χ1) is 11.3. The molecule has 0 fully saturated rings. The summed E-state index contributed by atoms with van der Waals surface area (Å²) in [5.74, 6) is 1.10. The molecule has 0 saturated carbocycles. The van der Waals surface area contributed by atoms with Gasteiger partial charge in [0.15, 0.2) is 0 Å². The number of hydrogen-bond donors (Lipinski definition) is 2. The molecule has 1 rings (SSSR count). The molecule has 4 unspecified atom stereocenters. The van der Waals surface area contributed by atoms with Crippen LogP contribution in [-0.2, 0) is 0 Å². The highest BCUT2D eigenvalue weighted by Gasteiger charge is 2.35. The van der Waals surface area contributed by atoms with Crippen LogP contribution in [0.5, 0.6) is 11.5 Å². The van der Waals surface area contributed by atoms with E-state index in [2.05, 4.69) is 89.0 Å². The molecular weight excluding hydrogens is 614 g/mol. The first-order valence-corrected chi connectivity index (χ1v) is 11.9. The third-order valence-corrected chi connectivity index (χ3v) is 9.80. The van der Waals surface area contributed by atoms with Crippen molar-refractivity contribution in [3.05, 3.63) is 24.3 Å². The average molecular weight is 631 g/mol. The van der Waals surface area contributed by atoms with Gasteiger partial charge < -0.3 is 9.47 Å². The summed E-state index contributed by atoms with van der Waals surface area (Å²) in [5, 5.41) is 0.373. The molecule has 0 saturated heterocycles. The molecule has 0 heterocycles. The summed E-state index contributed by atoms with van der Waals surface area (Å²) in [5.41, 5.74) is 0. The van der Waals surface area contributed by atoms with Crippen molar-refractivity contribution in [2.75, 3.05) is 17.8 Å². The molecule has 0 aliphatic carbocycles. The van der Waals surface area contributed by atoms with E-state index in [9.17, 15) is 4.79 Å². The Hall–Kier alpha value is 0.910. The van der Waals surface area contributed by atoms with E-state index in [1.54, 1.807) is 31.4 Å². The molecule has 4 atom stereocenters. The Labute approximate surface area is 186 Å². The number of hydrogen-bond acceptors (Lipinski definition) is 5. The van der Waals surface area contributed by atoms with E-state index in [-0.39, 0.29) is 9.65 Å². The zero-order valence-corrected chi connectivity index (χ0v) is 20.7. The van der Waals surface area contributed by atoms with Gasteiger partial charge in [0.25, 0.3) is 0 Å². The van der Waals surface area contributed by atoms with Crippen LogP contribution in [0.2, 0.25) is 0 Å². The molecule has 10 heteroatoms. The molecule has 136 valence electrons. The zero-order chi connectivity index (χ0) is 18.3. The number of amides is 1. The molecular formula is C14H17Br4NO3S2. The quantitative estimate of drug-likeness (QED) is 0.232. The summed E-state index contributed by atoms with van der Waals surface area (Å²) in [6.45, 7) is 0. The third-order valence-electron chi connectivity index (χ3n) is 2.99. The normalized spacial score (nSPS) is 16.0. The number of alkyl halides is 4. The van der Waals surface area contributed by atoms with Gasteiger partial charge in [-0.25, -0.2) is 4.79 Å².